The van der Waals surface area contributed by atoms with Crippen LogP contribution in [0.15, 0.2) is 0 Å². The molecular formula is C4H11NO3. The topological polar surface area (TPSA) is 58.1 Å². The second-order valence-corrected chi connectivity index (χ2v) is 1.27. The van der Waals surface area contributed by atoms with E-state index in [9.17, 15) is 5.21 Å². The highest BCUT2D eigenvalue weighted by atomic mass is 16.7. The second kappa shape index (κ2) is 6.84. The van der Waals surface area contributed by atoms with E-state index in [2.05, 4.69) is 4.74 Å². The van der Waals surface area contributed by atoms with Crippen LogP contribution in [-0.2, 0) is 9.47 Å². The molecule has 0 spiro atoms. The van der Waals surface area contributed by atoms with Crippen LogP contribution in [-0.4, -0.2) is 27.1 Å². The van der Waals surface area contributed by atoms with Gasteiger partial charge in [0, 0.05) is 7.11 Å². The van der Waals surface area contributed by atoms with Crippen LogP contribution in [0, 0.1) is 5.21 Å². The van der Waals surface area contributed by atoms with Crippen LogP contribution in [0.2, 0.25) is 0 Å². The van der Waals surface area contributed by atoms with Crippen molar-refractivity contribution < 1.29 is 15.0 Å². The Morgan fingerprint density at radius 3 is 2.88 bits per heavy atom. The van der Waals surface area contributed by atoms with Gasteiger partial charge in [0.15, 0.2) is 0 Å². The van der Waals surface area contributed by atoms with Crippen LogP contribution in [0.5, 0.6) is 0 Å². The van der Waals surface area contributed by atoms with E-state index in [-0.39, 0.29) is 6.79 Å². The first kappa shape index (κ1) is 7.84. The van der Waals surface area contributed by atoms with Gasteiger partial charge in [-0.25, -0.2) is 0 Å². The predicted octanol–water partition coefficient (Wildman–Crippen LogP) is -1.33. The number of hydrogen-bond donors (Lipinski definition) is 1. The Kier molecular flexibility index (Phi) is 6.70. The van der Waals surface area contributed by atoms with E-state index >= 15 is 0 Å². The zero-order chi connectivity index (χ0) is 6.24. The van der Waals surface area contributed by atoms with Gasteiger partial charge >= 0.3 is 0 Å². The third kappa shape index (κ3) is 5.84. The lowest BCUT2D eigenvalue weighted by atomic mass is 10.7. The van der Waals surface area contributed by atoms with Crippen molar-refractivity contribution in [3.63, 3.8) is 0 Å². The number of hydrogen-bond acceptors (Lipinski definition) is 3. The zero-order valence-electron chi connectivity index (χ0n) is 4.92. The van der Waals surface area contributed by atoms with Crippen LogP contribution < -0.4 is 5.48 Å². The van der Waals surface area contributed by atoms with Gasteiger partial charge in [-0.3, -0.25) is 0 Å². The van der Waals surface area contributed by atoms with Gasteiger partial charge in [0.05, 0.1) is 13.2 Å². The third-order valence-corrected chi connectivity index (χ3v) is 0.581. The van der Waals surface area contributed by atoms with Crippen LogP contribution >= 0.6 is 0 Å². The van der Waals surface area contributed by atoms with Crippen molar-refractivity contribution in [2.24, 2.45) is 0 Å². The summed E-state index contributed by atoms with van der Waals surface area (Å²) < 4.78 is 9.32. The molecule has 0 aromatic carbocycles. The molecule has 0 bridgehead atoms. The van der Waals surface area contributed by atoms with E-state index in [0.717, 1.165) is 5.48 Å². The van der Waals surface area contributed by atoms with Crippen LogP contribution in [0.3, 0.4) is 0 Å². The van der Waals surface area contributed by atoms with Gasteiger partial charge in [-0.1, -0.05) is 0 Å². The Labute approximate surface area is 48.4 Å². The zero-order valence-corrected chi connectivity index (χ0v) is 4.92. The van der Waals surface area contributed by atoms with Crippen molar-refractivity contribution in [3.8, 4) is 0 Å². The fourth-order valence-electron chi connectivity index (χ4n) is 0.274. The molecule has 8 heavy (non-hydrogen) atoms. The van der Waals surface area contributed by atoms with E-state index in [1.54, 1.807) is 7.11 Å². The lowest BCUT2D eigenvalue weighted by Gasteiger charge is -2.01. The summed E-state index contributed by atoms with van der Waals surface area (Å²) >= 11 is 0. The van der Waals surface area contributed by atoms with E-state index in [1.807, 2.05) is 0 Å². The van der Waals surface area contributed by atoms with Crippen molar-refractivity contribution in [1.29, 1.82) is 0 Å². The maximum atomic E-state index is 9.65. The Morgan fingerprint density at radius 1 is 1.62 bits per heavy atom. The molecule has 0 atom stereocenters. The van der Waals surface area contributed by atoms with Crippen LogP contribution in [0.25, 0.3) is 0 Å². The molecule has 0 aromatic rings. The normalized spacial score (nSPS) is 9.75. The molecule has 0 fully saturated rings. The summed E-state index contributed by atoms with van der Waals surface area (Å²) in [6.07, 6.45) is 0. The average Bonchev–Trinajstić information content (AvgIpc) is 1.81. The third-order valence-electron chi connectivity index (χ3n) is 0.581. The molecular weight excluding hydrogens is 110 g/mol. The summed E-state index contributed by atoms with van der Waals surface area (Å²) in [5, 5.41) is 9.65. The number of nitrogens with two attached hydrogens (primary N) is 1. The monoisotopic (exact) mass is 121 g/mol. The fourth-order valence-corrected chi connectivity index (χ4v) is 0.274. The van der Waals surface area contributed by atoms with E-state index in [4.69, 9.17) is 4.74 Å². The van der Waals surface area contributed by atoms with E-state index < -0.39 is 0 Å². The fraction of sp³-hybridized carbons (Fsp3) is 1.00. The molecule has 0 unspecified atom stereocenters. The molecule has 0 amide bonds. The minimum Gasteiger partial charge on any atom is -0.636 e. The SMILES string of the molecule is COCOCC[NH2+][O-]. The highest BCUT2D eigenvalue weighted by Crippen LogP contribution is 1.68. The number of methoxy groups -OCH3 is 1. The van der Waals surface area contributed by atoms with Crippen molar-refractivity contribution in [2.75, 3.05) is 27.1 Å². The van der Waals surface area contributed by atoms with E-state index in [0.29, 0.717) is 13.2 Å². The first-order valence-electron chi connectivity index (χ1n) is 2.42. The van der Waals surface area contributed by atoms with Gasteiger partial charge in [0.1, 0.15) is 6.79 Å². The first-order chi connectivity index (χ1) is 3.91. The predicted molar refractivity (Wildman–Crippen MR) is 28.0 cm³/mol. The average molecular weight is 121 g/mol. The number of quaternary nitrogens is 1. The summed E-state index contributed by atoms with van der Waals surface area (Å²) in [6.45, 7) is 1.18. The lowest BCUT2D eigenvalue weighted by Crippen LogP contribution is -2.78. The summed E-state index contributed by atoms with van der Waals surface area (Å²) in [4.78, 5) is 0. The maximum absolute atomic E-state index is 9.65. The van der Waals surface area contributed by atoms with Crippen LogP contribution in [0.4, 0.5) is 0 Å². The van der Waals surface area contributed by atoms with Crippen LogP contribution in [0.1, 0.15) is 0 Å². The lowest BCUT2D eigenvalue weighted by molar-refractivity contribution is -0.591. The molecule has 0 aromatic heterocycles. The van der Waals surface area contributed by atoms with Gasteiger partial charge in [0.25, 0.3) is 0 Å². The Balaban J connectivity index is 2.53. The molecule has 0 heterocycles. The quantitative estimate of drug-likeness (QED) is 0.278. The summed E-state index contributed by atoms with van der Waals surface area (Å²) in [6, 6.07) is 0. The molecule has 0 radical (unpaired) electrons. The molecule has 0 rings (SSSR count). The first-order valence-corrected chi connectivity index (χ1v) is 2.42. The van der Waals surface area contributed by atoms with Gasteiger partial charge in [-0.2, -0.15) is 0 Å². The smallest absolute Gasteiger partial charge is 0.146 e. The standard InChI is InChI=1S/C4H11NO3/c1-7-4-8-3-2-5-6/h2-5H2,1H3. The molecule has 0 saturated carbocycles. The summed E-state index contributed by atoms with van der Waals surface area (Å²) in [7, 11) is 1.54. The van der Waals surface area contributed by atoms with Gasteiger partial charge in [-0.15, -0.1) is 0 Å². The summed E-state index contributed by atoms with van der Waals surface area (Å²) in [5.41, 5.74) is 0.815. The molecule has 4 nitrogen and oxygen atoms in total. The molecule has 0 aliphatic carbocycles. The Hall–Kier alpha value is -0.160. The highest BCUT2D eigenvalue weighted by molar-refractivity contribution is 4.17. The molecule has 0 aliphatic rings. The molecule has 50 valence electrons. The van der Waals surface area contributed by atoms with Crippen molar-refractivity contribution in [3.05, 3.63) is 5.21 Å². The van der Waals surface area contributed by atoms with Crippen molar-refractivity contribution in [2.45, 2.75) is 0 Å². The maximum Gasteiger partial charge on any atom is 0.146 e. The molecule has 0 aliphatic heterocycles. The van der Waals surface area contributed by atoms with E-state index in [1.165, 1.54) is 0 Å². The Bertz CT molecular complexity index is 36.3. The largest absolute Gasteiger partial charge is 0.636 e. The molecule has 4 heteroatoms. The number of hydroxylamine groups is 1. The van der Waals surface area contributed by atoms with Gasteiger partial charge in [-0.05, 0) is 0 Å². The second-order valence-electron chi connectivity index (χ2n) is 1.27. The van der Waals surface area contributed by atoms with Gasteiger partial charge in [0.2, 0.25) is 0 Å². The minimum absolute atomic E-state index is 0.272. The van der Waals surface area contributed by atoms with Crippen molar-refractivity contribution >= 4 is 0 Å². The number of ether oxygens (including phenoxy) is 2. The van der Waals surface area contributed by atoms with Gasteiger partial charge < -0.3 is 20.2 Å². The minimum atomic E-state index is 0.272. The Morgan fingerprint density at radius 2 is 2.38 bits per heavy atom. The number of rotatable bonds is 5. The highest BCUT2D eigenvalue weighted by Gasteiger charge is 1.81. The summed E-state index contributed by atoms with van der Waals surface area (Å²) in [5.74, 6) is 0. The van der Waals surface area contributed by atoms with Crippen molar-refractivity contribution in [1.82, 2.24) is 0 Å². The molecule has 2 N–H and O–H groups in total. The molecule has 0 saturated heterocycles.